The number of halogens is 1. The Morgan fingerprint density at radius 2 is 2.09 bits per heavy atom. The standard InChI is InChI=1S/C22H25FN6O3S/c1-22(2,3)29(21(31)32)20-17(27-19(33-20)15-6-4-5-7-16(15)23)18(30)26-13-10-25-28(12-13)14-8-9-24-11-14/h4-7,10,12,14,24H,8-9,11H2,1-3H3,(H,26,30)(H,31,32). The van der Waals surface area contributed by atoms with Gasteiger partial charge in [-0.3, -0.25) is 14.4 Å². The molecule has 0 saturated carbocycles. The topological polar surface area (TPSA) is 112 Å². The minimum atomic E-state index is -1.23. The molecular formula is C22H25FN6O3S. The lowest BCUT2D eigenvalue weighted by atomic mass is 10.1. The van der Waals surface area contributed by atoms with E-state index in [1.54, 1.807) is 56.0 Å². The van der Waals surface area contributed by atoms with Crippen LogP contribution in [0.25, 0.3) is 10.6 Å². The molecule has 0 radical (unpaired) electrons. The minimum absolute atomic E-state index is 0.0918. The monoisotopic (exact) mass is 472 g/mol. The van der Waals surface area contributed by atoms with Gasteiger partial charge in [0.05, 0.1) is 17.9 Å². The first-order valence-electron chi connectivity index (χ1n) is 10.5. The van der Waals surface area contributed by atoms with Crippen LogP contribution in [0.3, 0.4) is 0 Å². The van der Waals surface area contributed by atoms with E-state index in [2.05, 4.69) is 20.7 Å². The third-order valence-corrected chi connectivity index (χ3v) is 6.34. The second-order valence-corrected chi connectivity index (χ2v) is 9.73. The second-order valence-electron chi connectivity index (χ2n) is 8.75. The first-order chi connectivity index (χ1) is 15.6. The van der Waals surface area contributed by atoms with Crippen LogP contribution in [-0.2, 0) is 0 Å². The lowest BCUT2D eigenvalue weighted by molar-refractivity contribution is 0.102. The van der Waals surface area contributed by atoms with Crippen LogP contribution < -0.4 is 15.5 Å². The van der Waals surface area contributed by atoms with Crippen LogP contribution in [0.4, 0.5) is 19.9 Å². The van der Waals surface area contributed by atoms with Gasteiger partial charge in [-0.2, -0.15) is 5.10 Å². The average molecular weight is 473 g/mol. The molecule has 1 unspecified atom stereocenters. The molecule has 0 bridgehead atoms. The summed E-state index contributed by atoms with van der Waals surface area (Å²) < 4.78 is 16.2. The van der Waals surface area contributed by atoms with Gasteiger partial charge in [0.15, 0.2) is 5.69 Å². The maximum atomic E-state index is 14.4. The van der Waals surface area contributed by atoms with E-state index >= 15 is 0 Å². The molecule has 33 heavy (non-hydrogen) atoms. The number of amides is 2. The Morgan fingerprint density at radius 1 is 1.33 bits per heavy atom. The number of thiazole rings is 1. The van der Waals surface area contributed by atoms with Gasteiger partial charge in [0.25, 0.3) is 5.91 Å². The molecule has 11 heteroatoms. The highest BCUT2D eigenvalue weighted by molar-refractivity contribution is 7.19. The highest BCUT2D eigenvalue weighted by Crippen LogP contribution is 2.39. The van der Waals surface area contributed by atoms with Gasteiger partial charge in [-0.25, -0.2) is 14.2 Å². The number of rotatable bonds is 5. The molecule has 0 spiro atoms. The Bertz CT molecular complexity index is 1180. The van der Waals surface area contributed by atoms with Gasteiger partial charge in [0.2, 0.25) is 0 Å². The summed E-state index contributed by atoms with van der Waals surface area (Å²) in [5.41, 5.74) is -0.286. The van der Waals surface area contributed by atoms with Crippen LogP contribution >= 0.6 is 11.3 Å². The molecule has 2 aromatic heterocycles. The number of aromatic nitrogens is 3. The molecule has 3 heterocycles. The summed E-state index contributed by atoms with van der Waals surface area (Å²) in [5, 5.41) is 20.6. The van der Waals surface area contributed by atoms with Crippen molar-refractivity contribution in [1.82, 2.24) is 20.1 Å². The number of hydrogen-bond donors (Lipinski definition) is 3. The summed E-state index contributed by atoms with van der Waals surface area (Å²) in [6.07, 6.45) is 2.98. The molecule has 4 rings (SSSR count). The zero-order valence-corrected chi connectivity index (χ0v) is 19.3. The number of carbonyl (C=O) groups excluding carboxylic acids is 1. The Labute approximate surface area is 194 Å². The lowest BCUT2D eigenvalue weighted by Crippen LogP contribution is -2.45. The van der Waals surface area contributed by atoms with Crippen molar-refractivity contribution in [2.24, 2.45) is 0 Å². The van der Waals surface area contributed by atoms with Gasteiger partial charge < -0.3 is 15.7 Å². The highest BCUT2D eigenvalue weighted by atomic mass is 32.1. The molecule has 3 N–H and O–H groups in total. The summed E-state index contributed by atoms with van der Waals surface area (Å²) in [5.74, 6) is -1.10. The predicted molar refractivity (Wildman–Crippen MR) is 124 cm³/mol. The molecule has 0 aliphatic carbocycles. The van der Waals surface area contributed by atoms with Crippen LogP contribution in [0.5, 0.6) is 0 Å². The molecule has 1 aliphatic rings. The van der Waals surface area contributed by atoms with Gasteiger partial charge in [0.1, 0.15) is 15.8 Å². The summed E-state index contributed by atoms with van der Waals surface area (Å²) in [4.78, 5) is 30.8. The first-order valence-corrected chi connectivity index (χ1v) is 11.3. The van der Waals surface area contributed by atoms with Crippen molar-refractivity contribution in [2.45, 2.75) is 38.8 Å². The van der Waals surface area contributed by atoms with Crippen molar-refractivity contribution in [3.05, 3.63) is 48.2 Å². The zero-order chi connectivity index (χ0) is 23.8. The van der Waals surface area contributed by atoms with Gasteiger partial charge in [-0.15, -0.1) is 0 Å². The molecule has 9 nitrogen and oxygen atoms in total. The van der Waals surface area contributed by atoms with E-state index in [1.165, 1.54) is 6.07 Å². The van der Waals surface area contributed by atoms with Crippen LogP contribution in [0.15, 0.2) is 36.7 Å². The molecule has 3 aromatic rings. The first kappa shape index (κ1) is 22.9. The van der Waals surface area contributed by atoms with Crippen LogP contribution in [-0.4, -0.2) is 50.5 Å². The van der Waals surface area contributed by atoms with E-state index in [0.717, 1.165) is 35.7 Å². The number of carbonyl (C=O) groups is 2. The fourth-order valence-electron chi connectivity index (χ4n) is 3.70. The summed E-state index contributed by atoms with van der Waals surface area (Å²) in [7, 11) is 0. The molecule has 1 fully saturated rings. The zero-order valence-electron chi connectivity index (χ0n) is 18.5. The highest BCUT2D eigenvalue weighted by Gasteiger charge is 2.35. The molecule has 1 saturated heterocycles. The molecule has 174 valence electrons. The molecular weight excluding hydrogens is 447 g/mol. The van der Waals surface area contributed by atoms with Crippen LogP contribution in [0.2, 0.25) is 0 Å². The third kappa shape index (κ3) is 4.74. The number of nitrogens with one attached hydrogen (secondary N) is 2. The number of benzene rings is 1. The van der Waals surface area contributed by atoms with E-state index in [9.17, 15) is 19.1 Å². The number of nitrogens with zero attached hydrogens (tertiary/aromatic N) is 4. The van der Waals surface area contributed by atoms with Crippen LogP contribution in [0, 0.1) is 5.82 Å². The largest absolute Gasteiger partial charge is 0.465 e. The van der Waals surface area contributed by atoms with Crippen molar-refractivity contribution in [3.63, 3.8) is 0 Å². The molecule has 1 atom stereocenters. The normalized spacial score (nSPS) is 16.1. The SMILES string of the molecule is CC(C)(C)N(C(=O)O)c1sc(-c2ccccc2F)nc1C(=O)Nc1cnn(C2CCNC2)c1. The van der Waals surface area contributed by atoms with Crippen molar-refractivity contribution in [3.8, 4) is 10.6 Å². The minimum Gasteiger partial charge on any atom is -0.465 e. The van der Waals surface area contributed by atoms with Crippen molar-refractivity contribution < 1.29 is 19.1 Å². The fourth-order valence-corrected chi connectivity index (χ4v) is 4.97. The van der Waals surface area contributed by atoms with Crippen LogP contribution in [0.1, 0.15) is 43.7 Å². The lowest BCUT2D eigenvalue weighted by Gasteiger charge is -2.32. The summed E-state index contributed by atoms with van der Waals surface area (Å²) in [6, 6.07) is 6.26. The van der Waals surface area contributed by atoms with Gasteiger partial charge >= 0.3 is 6.09 Å². The maximum absolute atomic E-state index is 14.4. The molecule has 2 amide bonds. The smallest absolute Gasteiger partial charge is 0.413 e. The van der Waals surface area contributed by atoms with E-state index in [0.29, 0.717) is 5.69 Å². The molecule has 1 aliphatic heterocycles. The average Bonchev–Trinajstić information content (AvgIpc) is 3.47. The Kier molecular flexibility index (Phi) is 6.17. The van der Waals surface area contributed by atoms with Gasteiger partial charge in [-0.1, -0.05) is 23.5 Å². The number of hydrogen-bond acceptors (Lipinski definition) is 6. The molecule has 1 aromatic carbocycles. The van der Waals surface area contributed by atoms with E-state index in [1.807, 2.05) is 0 Å². The van der Waals surface area contributed by atoms with Crippen molar-refractivity contribution in [1.29, 1.82) is 0 Å². The Hall–Kier alpha value is -3.31. The van der Waals surface area contributed by atoms with Crippen molar-refractivity contribution >= 4 is 34.0 Å². The predicted octanol–water partition coefficient (Wildman–Crippen LogP) is 4.22. The summed E-state index contributed by atoms with van der Waals surface area (Å²) >= 11 is 0.959. The third-order valence-electron chi connectivity index (χ3n) is 5.26. The van der Waals surface area contributed by atoms with E-state index < -0.39 is 23.4 Å². The van der Waals surface area contributed by atoms with E-state index in [-0.39, 0.29) is 27.3 Å². The Morgan fingerprint density at radius 3 is 2.73 bits per heavy atom. The van der Waals surface area contributed by atoms with E-state index in [4.69, 9.17) is 0 Å². The number of anilines is 2. The van der Waals surface area contributed by atoms with Gasteiger partial charge in [-0.05, 0) is 45.9 Å². The van der Waals surface area contributed by atoms with Gasteiger partial charge in [0, 0.05) is 23.8 Å². The van der Waals surface area contributed by atoms with Crippen molar-refractivity contribution in [2.75, 3.05) is 23.3 Å². The quantitative estimate of drug-likeness (QED) is 0.513. The number of carboxylic acid groups (broad SMARTS) is 1. The fraction of sp³-hybridized carbons (Fsp3) is 0.364. The Balaban J connectivity index is 1.71. The second kappa shape index (κ2) is 8.91. The maximum Gasteiger partial charge on any atom is 0.413 e. The summed E-state index contributed by atoms with van der Waals surface area (Å²) in [6.45, 7) is 6.85.